The summed E-state index contributed by atoms with van der Waals surface area (Å²) in [6, 6.07) is -0.327. The van der Waals surface area contributed by atoms with Crippen LogP contribution in [0.25, 0.3) is 0 Å². The largest absolute Gasteiger partial charge is 0.480 e. The summed E-state index contributed by atoms with van der Waals surface area (Å²) in [5.74, 6) is -1.10. The topological polar surface area (TPSA) is 92.4 Å². The minimum Gasteiger partial charge on any atom is -0.480 e. The van der Waals surface area contributed by atoms with Gasteiger partial charge in [-0.05, 0) is 32.6 Å². The van der Waals surface area contributed by atoms with Gasteiger partial charge in [0.05, 0.1) is 0 Å². The maximum Gasteiger partial charge on any atom is 0.320 e. The highest BCUT2D eigenvalue weighted by molar-refractivity contribution is 5.76. The zero-order chi connectivity index (χ0) is 11.4. The van der Waals surface area contributed by atoms with Gasteiger partial charge in [0.25, 0.3) is 0 Å². The van der Waals surface area contributed by atoms with Crippen molar-refractivity contribution in [3.8, 4) is 0 Å². The van der Waals surface area contributed by atoms with E-state index in [1.165, 1.54) is 0 Å². The average Bonchev–Trinajstić information content (AvgIpc) is 2.18. The third-order valence-electron chi connectivity index (χ3n) is 2.99. The Morgan fingerprint density at radius 1 is 1.33 bits per heavy atom. The molecular weight excluding hydrogens is 196 g/mol. The summed E-state index contributed by atoms with van der Waals surface area (Å²) in [7, 11) is 0. The van der Waals surface area contributed by atoms with Crippen LogP contribution in [0.2, 0.25) is 0 Å². The molecule has 0 heterocycles. The van der Waals surface area contributed by atoms with E-state index >= 15 is 0 Å². The number of nitrogens with one attached hydrogen (secondary N) is 1. The number of hydrogen-bond donors (Lipinski definition) is 3. The second-order valence-corrected chi connectivity index (χ2v) is 4.18. The molecule has 86 valence electrons. The van der Waals surface area contributed by atoms with E-state index in [-0.39, 0.29) is 17.9 Å². The lowest BCUT2D eigenvalue weighted by Gasteiger charge is -2.28. The number of carbonyl (C=O) groups is 2. The maximum atomic E-state index is 10.9. The smallest absolute Gasteiger partial charge is 0.320 e. The molecule has 0 bridgehead atoms. The Bertz CT molecular complexity index is 247. The minimum absolute atomic E-state index is 0.0248. The fourth-order valence-electron chi connectivity index (χ4n) is 1.97. The highest BCUT2D eigenvalue weighted by Crippen LogP contribution is 2.24. The fourth-order valence-corrected chi connectivity index (χ4v) is 1.97. The lowest BCUT2D eigenvalue weighted by molar-refractivity contribution is -0.139. The monoisotopic (exact) mass is 214 g/mol. The van der Waals surface area contributed by atoms with Gasteiger partial charge in [0, 0.05) is 12.0 Å². The van der Waals surface area contributed by atoms with Crippen molar-refractivity contribution in [1.29, 1.82) is 0 Å². The molecule has 1 atom stereocenters. The van der Waals surface area contributed by atoms with Gasteiger partial charge in [0.15, 0.2) is 0 Å². The first-order valence-electron chi connectivity index (χ1n) is 5.29. The lowest BCUT2D eigenvalue weighted by Crippen LogP contribution is -2.44. The standard InChI is InChI=1S/C10H18N2O3/c1-6(10(14)15)12-8-4-2-7(3-5-8)9(11)13/h6-8,12H,2-5H2,1H3,(H2,11,13)(H,14,15). The van der Waals surface area contributed by atoms with E-state index in [0.717, 1.165) is 25.7 Å². The van der Waals surface area contributed by atoms with Crippen molar-refractivity contribution in [3.05, 3.63) is 0 Å². The van der Waals surface area contributed by atoms with E-state index in [1.807, 2.05) is 0 Å². The van der Waals surface area contributed by atoms with Gasteiger partial charge in [0.1, 0.15) is 6.04 Å². The molecule has 4 N–H and O–H groups in total. The van der Waals surface area contributed by atoms with Crippen LogP contribution in [0.15, 0.2) is 0 Å². The van der Waals surface area contributed by atoms with Crippen molar-refractivity contribution in [3.63, 3.8) is 0 Å². The van der Waals surface area contributed by atoms with Gasteiger partial charge < -0.3 is 16.2 Å². The first kappa shape index (κ1) is 12.0. The number of nitrogens with two attached hydrogens (primary N) is 1. The van der Waals surface area contributed by atoms with Gasteiger partial charge >= 0.3 is 5.97 Å². The molecule has 5 nitrogen and oxygen atoms in total. The van der Waals surface area contributed by atoms with Crippen molar-refractivity contribution >= 4 is 11.9 Å². The second kappa shape index (κ2) is 5.11. The van der Waals surface area contributed by atoms with E-state index in [1.54, 1.807) is 6.92 Å². The molecule has 0 saturated heterocycles. The molecule has 1 aliphatic carbocycles. The summed E-state index contributed by atoms with van der Waals surface area (Å²) < 4.78 is 0. The van der Waals surface area contributed by atoms with E-state index in [4.69, 9.17) is 10.8 Å². The molecule has 1 unspecified atom stereocenters. The SMILES string of the molecule is CC(NC1CCC(C(N)=O)CC1)C(=O)O. The highest BCUT2D eigenvalue weighted by Gasteiger charge is 2.26. The third-order valence-corrected chi connectivity index (χ3v) is 2.99. The zero-order valence-corrected chi connectivity index (χ0v) is 8.90. The number of hydrogen-bond acceptors (Lipinski definition) is 3. The second-order valence-electron chi connectivity index (χ2n) is 4.18. The number of aliphatic carboxylic acids is 1. The molecule has 1 aliphatic rings. The van der Waals surface area contributed by atoms with Crippen molar-refractivity contribution in [2.75, 3.05) is 0 Å². The van der Waals surface area contributed by atoms with Crippen LogP contribution >= 0.6 is 0 Å². The van der Waals surface area contributed by atoms with Crippen LogP contribution in [-0.2, 0) is 9.59 Å². The molecular formula is C10H18N2O3. The molecule has 1 saturated carbocycles. The Morgan fingerprint density at radius 2 is 1.87 bits per heavy atom. The molecule has 0 aromatic rings. The van der Waals surface area contributed by atoms with Crippen molar-refractivity contribution < 1.29 is 14.7 Å². The van der Waals surface area contributed by atoms with Gasteiger partial charge in [-0.2, -0.15) is 0 Å². The Balaban J connectivity index is 2.31. The molecule has 1 rings (SSSR count). The number of amides is 1. The predicted octanol–water partition coefficient (Wildman–Crippen LogP) is 0.0932. The molecule has 1 amide bonds. The summed E-state index contributed by atoms with van der Waals surface area (Å²) in [6.07, 6.45) is 3.18. The molecule has 0 aromatic carbocycles. The quantitative estimate of drug-likeness (QED) is 0.618. The van der Waals surface area contributed by atoms with Crippen LogP contribution in [0.1, 0.15) is 32.6 Å². The number of rotatable bonds is 4. The van der Waals surface area contributed by atoms with Crippen LogP contribution < -0.4 is 11.1 Å². The first-order valence-corrected chi connectivity index (χ1v) is 5.29. The average molecular weight is 214 g/mol. The molecule has 0 spiro atoms. The molecule has 1 fully saturated rings. The maximum absolute atomic E-state index is 10.9. The lowest BCUT2D eigenvalue weighted by atomic mass is 9.85. The third kappa shape index (κ3) is 3.51. The van der Waals surface area contributed by atoms with Crippen LogP contribution in [0, 0.1) is 5.92 Å². The summed E-state index contributed by atoms with van der Waals surface area (Å²) in [5, 5.41) is 11.7. The molecule has 0 radical (unpaired) electrons. The van der Waals surface area contributed by atoms with Crippen molar-refractivity contribution in [2.24, 2.45) is 11.7 Å². The number of carboxylic acids is 1. The van der Waals surface area contributed by atoms with E-state index < -0.39 is 12.0 Å². The van der Waals surface area contributed by atoms with Gasteiger partial charge in [-0.3, -0.25) is 9.59 Å². The fraction of sp³-hybridized carbons (Fsp3) is 0.800. The van der Waals surface area contributed by atoms with Gasteiger partial charge in [-0.25, -0.2) is 0 Å². The summed E-state index contributed by atoms with van der Waals surface area (Å²) in [5.41, 5.74) is 5.21. The summed E-state index contributed by atoms with van der Waals surface area (Å²) in [4.78, 5) is 21.5. The Morgan fingerprint density at radius 3 is 2.27 bits per heavy atom. The van der Waals surface area contributed by atoms with Gasteiger partial charge in [0.2, 0.25) is 5.91 Å². The molecule has 0 aromatic heterocycles. The van der Waals surface area contributed by atoms with E-state index in [9.17, 15) is 9.59 Å². The highest BCUT2D eigenvalue weighted by atomic mass is 16.4. The molecule has 15 heavy (non-hydrogen) atoms. The normalized spacial score (nSPS) is 28.3. The molecule has 5 heteroatoms. The Labute approximate surface area is 89.0 Å². The van der Waals surface area contributed by atoms with Crippen LogP contribution in [0.3, 0.4) is 0 Å². The number of carbonyl (C=O) groups excluding carboxylic acids is 1. The molecule has 0 aliphatic heterocycles. The van der Waals surface area contributed by atoms with Crippen molar-refractivity contribution in [2.45, 2.75) is 44.7 Å². The Hall–Kier alpha value is -1.10. The van der Waals surface area contributed by atoms with Gasteiger partial charge in [-0.15, -0.1) is 0 Å². The summed E-state index contributed by atoms with van der Waals surface area (Å²) >= 11 is 0. The number of primary amides is 1. The van der Waals surface area contributed by atoms with Crippen molar-refractivity contribution in [1.82, 2.24) is 5.32 Å². The predicted molar refractivity (Wildman–Crippen MR) is 55.2 cm³/mol. The first-order chi connectivity index (χ1) is 7.00. The minimum atomic E-state index is -0.841. The number of carboxylic acid groups (broad SMARTS) is 1. The van der Waals surface area contributed by atoms with Crippen LogP contribution in [0.5, 0.6) is 0 Å². The van der Waals surface area contributed by atoms with E-state index in [2.05, 4.69) is 5.32 Å². The van der Waals surface area contributed by atoms with Gasteiger partial charge in [-0.1, -0.05) is 0 Å². The Kier molecular flexibility index (Phi) is 4.08. The van der Waals surface area contributed by atoms with Crippen LogP contribution in [0.4, 0.5) is 0 Å². The zero-order valence-electron chi connectivity index (χ0n) is 8.90. The van der Waals surface area contributed by atoms with Crippen LogP contribution in [-0.4, -0.2) is 29.1 Å². The summed E-state index contributed by atoms with van der Waals surface area (Å²) in [6.45, 7) is 1.63. The van der Waals surface area contributed by atoms with E-state index in [0.29, 0.717) is 0 Å².